The molecule has 2 aliphatic rings. The third kappa shape index (κ3) is 5.20. The third-order valence-electron chi connectivity index (χ3n) is 5.15. The molecule has 0 amide bonds. The van der Waals surface area contributed by atoms with E-state index in [4.69, 9.17) is 14.2 Å². The summed E-state index contributed by atoms with van der Waals surface area (Å²) in [5.41, 5.74) is -1.40. The molecule has 0 N–H and O–H groups in total. The van der Waals surface area contributed by atoms with Crippen molar-refractivity contribution in [2.75, 3.05) is 26.7 Å². The van der Waals surface area contributed by atoms with Crippen molar-refractivity contribution in [2.24, 2.45) is 5.92 Å². The van der Waals surface area contributed by atoms with Crippen molar-refractivity contribution in [1.82, 2.24) is 4.90 Å². The van der Waals surface area contributed by atoms with Crippen molar-refractivity contribution >= 4 is 23.7 Å². The minimum absolute atomic E-state index is 0.0676. The van der Waals surface area contributed by atoms with Crippen molar-refractivity contribution < 1.29 is 33.4 Å². The van der Waals surface area contributed by atoms with E-state index < -0.39 is 41.3 Å². The van der Waals surface area contributed by atoms with Crippen LogP contribution in [0, 0.1) is 5.92 Å². The highest BCUT2D eigenvalue weighted by molar-refractivity contribution is 6.02. The van der Waals surface area contributed by atoms with E-state index in [2.05, 4.69) is 6.58 Å². The van der Waals surface area contributed by atoms with Crippen molar-refractivity contribution in [3.05, 3.63) is 36.0 Å². The van der Waals surface area contributed by atoms with Crippen LogP contribution in [0.1, 0.15) is 27.2 Å². The van der Waals surface area contributed by atoms with Gasteiger partial charge in [-0.25, -0.2) is 9.59 Å². The molecule has 2 aliphatic heterocycles. The average Bonchev–Trinajstić information content (AvgIpc) is 2.65. The van der Waals surface area contributed by atoms with Crippen molar-refractivity contribution in [3.63, 3.8) is 0 Å². The number of fused-ring (bicyclic) bond motifs is 2. The fourth-order valence-electron chi connectivity index (χ4n) is 3.13. The van der Waals surface area contributed by atoms with Crippen LogP contribution in [-0.4, -0.2) is 67.0 Å². The molecule has 0 fully saturated rings. The second-order valence-corrected chi connectivity index (χ2v) is 7.43. The van der Waals surface area contributed by atoms with Gasteiger partial charge in [0, 0.05) is 37.9 Å². The van der Waals surface area contributed by atoms with E-state index in [1.165, 1.54) is 26.0 Å². The fraction of sp³-hybridized carbons (Fsp3) is 0.524. The minimum atomic E-state index is -1.69. The maximum Gasteiger partial charge on any atom is 0.351 e. The number of hydrogen-bond acceptors (Lipinski definition) is 8. The van der Waals surface area contributed by atoms with Crippen molar-refractivity contribution in [1.29, 1.82) is 0 Å². The average molecular weight is 405 g/mol. The first-order valence-electron chi connectivity index (χ1n) is 9.42. The Bertz CT molecular complexity index is 782. The molecule has 0 aromatic carbocycles. The lowest BCUT2D eigenvalue weighted by atomic mass is 9.88. The van der Waals surface area contributed by atoms with Crippen molar-refractivity contribution in [2.45, 2.75) is 38.9 Å². The van der Waals surface area contributed by atoms with Gasteiger partial charge in [-0.2, -0.15) is 0 Å². The molecule has 0 unspecified atom stereocenters. The number of hydrogen-bond donors (Lipinski definition) is 0. The highest BCUT2D eigenvalue weighted by atomic mass is 16.6. The molecular weight excluding hydrogens is 378 g/mol. The standard InChI is InChI=1S/C21H27NO7/c1-6-15-11-13(2)21(4,29-14(3)23)20(26)27-12-16-7-9-22(5)10-8-17(18(16)24)28-19(15)25/h6-7,11,13,17H,1,8-10,12H2,2-5H3/b15-11-,16-7-/t13-,17+,21-/m0/s1. The number of cyclic esters (lactones) is 1. The molecule has 158 valence electrons. The van der Waals surface area contributed by atoms with Crippen LogP contribution in [0.2, 0.25) is 0 Å². The zero-order chi connectivity index (χ0) is 21.8. The molecular formula is C21H27NO7. The number of ketones is 1. The normalized spacial score (nSPS) is 33.2. The quantitative estimate of drug-likeness (QED) is 0.502. The number of carbonyl (C=O) groups is 4. The number of likely N-dealkylation sites (N-methyl/N-ethyl adjacent to an activating group) is 1. The molecule has 29 heavy (non-hydrogen) atoms. The van der Waals surface area contributed by atoms with E-state index in [0.717, 1.165) is 0 Å². The maximum atomic E-state index is 12.9. The number of ether oxygens (including phenoxy) is 3. The monoisotopic (exact) mass is 405 g/mol. The summed E-state index contributed by atoms with van der Waals surface area (Å²) in [6.07, 6.45) is 3.68. The first-order valence-corrected chi connectivity index (χ1v) is 9.42. The molecule has 0 aromatic rings. The summed E-state index contributed by atoms with van der Waals surface area (Å²) in [5, 5.41) is 0. The highest BCUT2D eigenvalue weighted by Gasteiger charge is 2.44. The molecule has 0 spiro atoms. The fourth-order valence-corrected chi connectivity index (χ4v) is 3.13. The first-order chi connectivity index (χ1) is 13.6. The second kappa shape index (κ2) is 9.17. The van der Waals surface area contributed by atoms with Gasteiger partial charge in [-0.1, -0.05) is 31.7 Å². The Labute approximate surface area is 170 Å². The van der Waals surface area contributed by atoms with Crippen LogP contribution in [0.15, 0.2) is 36.0 Å². The van der Waals surface area contributed by atoms with Crippen LogP contribution in [0.25, 0.3) is 0 Å². The largest absolute Gasteiger partial charge is 0.458 e. The zero-order valence-corrected chi connectivity index (χ0v) is 17.2. The second-order valence-electron chi connectivity index (χ2n) is 7.43. The molecule has 0 aliphatic carbocycles. The lowest BCUT2D eigenvalue weighted by Gasteiger charge is -2.32. The summed E-state index contributed by atoms with van der Waals surface area (Å²) in [7, 11) is 1.87. The Hall–Kier alpha value is -2.74. The molecule has 0 aromatic heterocycles. The number of carbonyl (C=O) groups excluding carboxylic acids is 4. The highest BCUT2D eigenvalue weighted by Crippen LogP contribution is 2.28. The topological polar surface area (TPSA) is 99.2 Å². The SMILES string of the molecule is C=C/C1=C/[C@H](C)[C@](C)(OC(C)=O)C(=O)OC/C2=C/CN(C)CC[C@@H](OC1=O)C2=O. The van der Waals surface area contributed by atoms with Gasteiger partial charge < -0.3 is 19.1 Å². The summed E-state index contributed by atoms with van der Waals surface area (Å²) in [6, 6.07) is 0. The van der Waals surface area contributed by atoms with Crippen LogP contribution < -0.4 is 0 Å². The van der Waals surface area contributed by atoms with E-state index in [9.17, 15) is 19.2 Å². The smallest absolute Gasteiger partial charge is 0.351 e. The Morgan fingerprint density at radius 3 is 2.69 bits per heavy atom. The molecule has 8 nitrogen and oxygen atoms in total. The van der Waals surface area contributed by atoms with E-state index in [-0.39, 0.29) is 17.8 Å². The summed E-state index contributed by atoms with van der Waals surface area (Å²) in [4.78, 5) is 52.0. The number of esters is 3. The molecule has 2 bridgehead atoms. The maximum absolute atomic E-state index is 12.9. The lowest BCUT2D eigenvalue weighted by molar-refractivity contribution is -0.183. The Morgan fingerprint density at radius 2 is 2.07 bits per heavy atom. The van der Waals surface area contributed by atoms with E-state index in [1.807, 2.05) is 11.9 Å². The summed E-state index contributed by atoms with van der Waals surface area (Å²) in [5.74, 6) is -3.35. The third-order valence-corrected chi connectivity index (χ3v) is 5.15. The van der Waals surface area contributed by atoms with E-state index in [0.29, 0.717) is 19.5 Å². The minimum Gasteiger partial charge on any atom is -0.458 e. The number of rotatable bonds is 2. The molecule has 0 saturated heterocycles. The van der Waals surface area contributed by atoms with Gasteiger partial charge in [-0.05, 0) is 14.0 Å². The molecule has 8 heteroatoms. The van der Waals surface area contributed by atoms with Gasteiger partial charge in [0.25, 0.3) is 0 Å². The van der Waals surface area contributed by atoms with Gasteiger partial charge in [0.15, 0.2) is 6.10 Å². The van der Waals surface area contributed by atoms with E-state index in [1.54, 1.807) is 13.0 Å². The van der Waals surface area contributed by atoms with Gasteiger partial charge in [0.2, 0.25) is 11.4 Å². The lowest BCUT2D eigenvalue weighted by Crippen LogP contribution is -2.47. The summed E-state index contributed by atoms with van der Waals surface area (Å²) < 4.78 is 16.1. The van der Waals surface area contributed by atoms with Gasteiger partial charge in [0.05, 0.1) is 5.57 Å². The van der Waals surface area contributed by atoms with Gasteiger partial charge >= 0.3 is 17.9 Å². The van der Waals surface area contributed by atoms with Crippen LogP contribution in [0.5, 0.6) is 0 Å². The van der Waals surface area contributed by atoms with Gasteiger partial charge in [-0.3, -0.25) is 9.59 Å². The molecule has 0 radical (unpaired) electrons. The predicted molar refractivity (Wildman–Crippen MR) is 104 cm³/mol. The molecule has 2 heterocycles. The predicted octanol–water partition coefficient (Wildman–Crippen LogP) is 1.36. The Morgan fingerprint density at radius 1 is 1.38 bits per heavy atom. The van der Waals surface area contributed by atoms with Crippen molar-refractivity contribution in [3.8, 4) is 0 Å². The van der Waals surface area contributed by atoms with Crippen LogP contribution in [0.4, 0.5) is 0 Å². The number of Topliss-reactive ketones (excluding diaryl/α,β-unsaturated/α-hetero) is 1. The Kier molecular flexibility index (Phi) is 7.13. The van der Waals surface area contributed by atoms with Gasteiger partial charge in [0.1, 0.15) is 6.61 Å². The first kappa shape index (κ1) is 22.5. The van der Waals surface area contributed by atoms with Crippen LogP contribution in [-0.2, 0) is 33.4 Å². The Balaban J connectivity index is 2.54. The molecule has 3 atom stereocenters. The van der Waals surface area contributed by atoms with E-state index >= 15 is 0 Å². The van der Waals surface area contributed by atoms with Gasteiger partial charge in [-0.15, -0.1) is 0 Å². The number of nitrogens with zero attached hydrogens (tertiary/aromatic N) is 1. The van der Waals surface area contributed by atoms with Crippen LogP contribution >= 0.6 is 0 Å². The summed E-state index contributed by atoms with van der Waals surface area (Å²) >= 11 is 0. The molecule has 0 saturated carbocycles. The zero-order valence-electron chi connectivity index (χ0n) is 17.2. The van der Waals surface area contributed by atoms with Crippen LogP contribution in [0.3, 0.4) is 0 Å². The molecule has 2 rings (SSSR count). The summed E-state index contributed by atoms with van der Waals surface area (Å²) in [6.45, 7) is 8.54.